The van der Waals surface area contributed by atoms with Crippen LogP contribution in [0, 0.1) is 0 Å². The molecule has 0 spiro atoms. The van der Waals surface area contributed by atoms with E-state index in [1.165, 1.54) is 6.20 Å². The molecule has 1 atom stereocenters. The van der Waals surface area contributed by atoms with Gasteiger partial charge in [-0.25, -0.2) is 18.7 Å². The third kappa shape index (κ3) is 2.87. The number of hydrogen-bond donors (Lipinski definition) is 2. The summed E-state index contributed by atoms with van der Waals surface area (Å²) >= 11 is 5.68. The fourth-order valence-corrected chi connectivity index (χ4v) is 2.51. The molecule has 0 radical (unpaired) electrons. The van der Waals surface area contributed by atoms with Gasteiger partial charge in [0, 0.05) is 36.7 Å². The molecular formula is C12H12ClF2N5. The molecule has 0 saturated heterocycles. The van der Waals surface area contributed by atoms with Gasteiger partial charge in [-0.1, -0.05) is 0 Å². The van der Waals surface area contributed by atoms with Gasteiger partial charge >= 0.3 is 0 Å². The first-order chi connectivity index (χ1) is 9.52. The first-order valence-corrected chi connectivity index (χ1v) is 6.58. The van der Waals surface area contributed by atoms with Crippen molar-refractivity contribution >= 4 is 23.2 Å². The van der Waals surface area contributed by atoms with Crippen molar-refractivity contribution in [3.05, 3.63) is 29.3 Å². The van der Waals surface area contributed by atoms with Crippen molar-refractivity contribution in [3.63, 3.8) is 0 Å². The van der Waals surface area contributed by atoms with Crippen LogP contribution in [0.4, 0.5) is 20.4 Å². The zero-order valence-corrected chi connectivity index (χ0v) is 11.2. The summed E-state index contributed by atoms with van der Waals surface area (Å²) in [5, 5.41) is 9.92. The van der Waals surface area contributed by atoms with E-state index in [1.807, 2.05) is 0 Å². The number of nitrogens with zero attached hydrogens (tertiary/aromatic N) is 3. The van der Waals surface area contributed by atoms with E-state index in [9.17, 15) is 8.78 Å². The van der Waals surface area contributed by atoms with Gasteiger partial charge in [-0.05, 0) is 24.1 Å². The molecule has 0 amide bonds. The fraction of sp³-hybridized carbons (Fsp3) is 0.417. The highest BCUT2D eigenvalue weighted by atomic mass is 35.5. The third-order valence-electron chi connectivity index (χ3n) is 3.32. The summed E-state index contributed by atoms with van der Waals surface area (Å²) in [4.78, 5) is 7.74. The van der Waals surface area contributed by atoms with Crippen LogP contribution in [0.15, 0.2) is 18.3 Å². The van der Waals surface area contributed by atoms with Crippen molar-refractivity contribution in [2.45, 2.75) is 31.1 Å². The molecule has 0 bridgehead atoms. The number of alkyl halides is 2. The Kier molecular flexibility index (Phi) is 3.29. The lowest BCUT2D eigenvalue weighted by Crippen LogP contribution is -2.09. The van der Waals surface area contributed by atoms with Crippen molar-refractivity contribution in [1.82, 2.24) is 20.2 Å². The monoisotopic (exact) mass is 299 g/mol. The SMILES string of the molecule is FC1(F)CCC(c2cc(Nc3ccnc(Cl)n3)n[nH]2)C1. The molecule has 2 aromatic heterocycles. The molecule has 3 rings (SSSR count). The molecule has 1 saturated carbocycles. The van der Waals surface area contributed by atoms with Gasteiger partial charge in [0.05, 0.1) is 0 Å². The summed E-state index contributed by atoms with van der Waals surface area (Å²) in [5.41, 5.74) is 0.713. The number of halogens is 3. The van der Waals surface area contributed by atoms with Crippen LogP contribution < -0.4 is 5.32 Å². The van der Waals surface area contributed by atoms with Crippen LogP contribution in [0.2, 0.25) is 5.28 Å². The summed E-state index contributed by atoms with van der Waals surface area (Å²) < 4.78 is 26.4. The van der Waals surface area contributed by atoms with Gasteiger partial charge in [0.1, 0.15) is 5.82 Å². The Bertz CT molecular complexity index is 615. The Balaban J connectivity index is 1.71. The molecule has 1 aliphatic rings. The third-order valence-corrected chi connectivity index (χ3v) is 3.51. The van der Waals surface area contributed by atoms with E-state index in [-0.39, 0.29) is 24.0 Å². The number of rotatable bonds is 3. The predicted octanol–water partition coefficient (Wildman–Crippen LogP) is 3.50. The van der Waals surface area contributed by atoms with Gasteiger partial charge in [0.25, 0.3) is 0 Å². The van der Waals surface area contributed by atoms with E-state index in [1.54, 1.807) is 12.1 Å². The molecule has 0 aliphatic heterocycles. The van der Waals surface area contributed by atoms with Gasteiger partial charge < -0.3 is 5.32 Å². The van der Waals surface area contributed by atoms with E-state index in [0.29, 0.717) is 23.8 Å². The number of anilines is 2. The standard InChI is InChI=1S/C12H12ClF2N5/c13-11-16-4-2-9(18-11)17-10-5-8(19-20-10)7-1-3-12(14,15)6-7/h2,4-5,7H,1,3,6H2,(H2,16,17,18,19,20). The van der Waals surface area contributed by atoms with Crippen molar-refractivity contribution in [3.8, 4) is 0 Å². The second-order valence-corrected chi connectivity index (χ2v) is 5.18. The minimum absolute atomic E-state index is 0.0685. The van der Waals surface area contributed by atoms with Crippen LogP contribution in [0.25, 0.3) is 0 Å². The zero-order valence-electron chi connectivity index (χ0n) is 10.4. The van der Waals surface area contributed by atoms with E-state index in [4.69, 9.17) is 11.6 Å². The van der Waals surface area contributed by atoms with Crippen molar-refractivity contribution in [2.24, 2.45) is 0 Å². The molecule has 8 heteroatoms. The molecule has 1 unspecified atom stereocenters. The van der Waals surface area contributed by atoms with Crippen LogP contribution >= 0.6 is 11.6 Å². The van der Waals surface area contributed by atoms with Crippen LogP contribution in [0.5, 0.6) is 0 Å². The summed E-state index contributed by atoms with van der Waals surface area (Å²) in [5.74, 6) is -1.73. The number of hydrogen-bond acceptors (Lipinski definition) is 4. The minimum Gasteiger partial charge on any atom is -0.323 e. The first-order valence-electron chi connectivity index (χ1n) is 6.20. The first kappa shape index (κ1) is 13.2. The largest absolute Gasteiger partial charge is 0.323 e. The Labute approximate surface area is 118 Å². The number of aromatic amines is 1. The highest BCUT2D eigenvalue weighted by molar-refractivity contribution is 6.28. The summed E-state index contributed by atoms with van der Waals surface area (Å²) in [6.45, 7) is 0. The van der Waals surface area contributed by atoms with E-state index < -0.39 is 5.92 Å². The number of aromatic nitrogens is 4. The average molecular weight is 300 g/mol. The van der Waals surface area contributed by atoms with E-state index >= 15 is 0 Å². The van der Waals surface area contributed by atoms with Gasteiger partial charge in [-0.2, -0.15) is 5.10 Å². The second kappa shape index (κ2) is 4.97. The lowest BCUT2D eigenvalue weighted by molar-refractivity contribution is 0.00766. The topological polar surface area (TPSA) is 66.5 Å². The maximum absolute atomic E-state index is 13.2. The fourth-order valence-electron chi connectivity index (χ4n) is 2.36. The maximum atomic E-state index is 13.2. The summed E-state index contributed by atoms with van der Waals surface area (Å²) in [6.07, 6.45) is 1.78. The number of H-pyrrole nitrogens is 1. The minimum atomic E-state index is -2.57. The van der Waals surface area contributed by atoms with E-state index in [2.05, 4.69) is 25.5 Å². The lowest BCUT2D eigenvalue weighted by atomic mass is 10.0. The highest BCUT2D eigenvalue weighted by Crippen LogP contribution is 2.43. The quantitative estimate of drug-likeness (QED) is 0.851. The molecule has 2 heterocycles. The molecule has 106 valence electrons. The number of nitrogens with one attached hydrogen (secondary N) is 2. The smallest absolute Gasteiger partial charge is 0.248 e. The second-order valence-electron chi connectivity index (χ2n) is 4.84. The summed E-state index contributed by atoms with van der Waals surface area (Å²) in [6, 6.07) is 3.37. The molecule has 2 aromatic rings. The van der Waals surface area contributed by atoms with Crippen LogP contribution in [-0.2, 0) is 0 Å². The molecule has 5 nitrogen and oxygen atoms in total. The van der Waals surface area contributed by atoms with Crippen LogP contribution in [-0.4, -0.2) is 26.1 Å². The van der Waals surface area contributed by atoms with Gasteiger partial charge in [-0.15, -0.1) is 0 Å². The van der Waals surface area contributed by atoms with Crippen molar-refractivity contribution in [1.29, 1.82) is 0 Å². The lowest BCUT2D eigenvalue weighted by Gasteiger charge is -2.07. The Morgan fingerprint density at radius 2 is 2.25 bits per heavy atom. The molecule has 2 N–H and O–H groups in total. The Morgan fingerprint density at radius 1 is 1.40 bits per heavy atom. The molecule has 1 fully saturated rings. The van der Waals surface area contributed by atoms with Gasteiger partial charge in [0.15, 0.2) is 5.82 Å². The zero-order chi connectivity index (χ0) is 14.2. The molecule has 1 aliphatic carbocycles. The average Bonchev–Trinajstić information content (AvgIpc) is 2.96. The van der Waals surface area contributed by atoms with Gasteiger partial charge in [0.2, 0.25) is 11.2 Å². The van der Waals surface area contributed by atoms with E-state index in [0.717, 1.165) is 0 Å². The molecule has 20 heavy (non-hydrogen) atoms. The maximum Gasteiger partial charge on any atom is 0.248 e. The molecule has 0 aromatic carbocycles. The summed E-state index contributed by atoms with van der Waals surface area (Å²) in [7, 11) is 0. The van der Waals surface area contributed by atoms with Gasteiger partial charge in [-0.3, -0.25) is 5.10 Å². The van der Waals surface area contributed by atoms with Crippen LogP contribution in [0.3, 0.4) is 0 Å². The highest BCUT2D eigenvalue weighted by Gasteiger charge is 2.40. The van der Waals surface area contributed by atoms with Crippen molar-refractivity contribution in [2.75, 3.05) is 5.32 Å². The van der Waals surface area contributed by atoms with Crippen LogP contribution in [0.1, 0.15) is 30.9 Å². The van der Waals surface area contributed by atoms with Crippen molar-refractivity contribution < 1.29 is 8.78 Å². The predicted molar refractivity (Wildman–Crippen MR) is 70.5 cm³/mol. The Morgan fingerprint density at radius 3 is 2.95 bits per heavy atom. The molecular weight excluding hydrogens is 288 g/mol. The Hall–Kier alpha value is -1.76. The normalized spacial score (nSPS) is 21.1.